The van der Waals surface area contributed by atoms with Gasteiger partial charge in [0.25, 0.3) is 0 Å². The Morgan fingerprint density at radius 3 is 2.67 bits per heavy atom. The first-order valence-electron chi connectivity index (χ1n) is 6.29. The summed E-state index contributed by atoms with van der Waals surface area (Å²) in [4.78, 5) is 2.67. The van der Waals surface area contributed by atoms with Crippen molar-refractivity contribution in [2.24, 2.45) is 11.3 Å². The van der Waals surface area contributed by atoms with Crippen molar-refractivity contribution in [2.45, 2.75) is 46.5 Å². The quantitative estimate of drug-likeness (QED) is 0.703. The minimum absolute atomic E-state index is 0.488. The van der Waals surface area contributed by atoms with Crippen molar-refractivity contribution in [3.05, 3.63) is 0 Å². The van der Waals surface area contributed by atoms with Crippen LogP contribution in [0.15, 0.2) is 0 Å². The predicted octanol–water partition coefficient (Wildman–Crippen LogP) is 3.92. The number of alkyl halides is 1. The third kappa shape index (κ3) is 5.91. The predicted molar refractivity (Wildman–Crippen MR) is 71.6 cm³/mol. The molecule has 1 rings (SSSR count). The number of piperidine rings is 1. The van der Waals surface area contributed by atoms with Gasteiger partial charge in [0, 0.05) is 11.9 Å². The van der Waals surface area contributed by atoms with Crippen molar-refractivity contribution in [3.8, 4) is 0 Å². The summed E-state index contributed by atoms with van der Waals surface area (Å²) in [5.41, 5.74) is 0.488. The highest BCUT2D eigenvalue weighted by Gasteiger charge is 2.20. The zero-order valence-corrected chi connectivity index (χ0v) is 12.1. The summed E-state index contributed by atoms with van der Waals surface area (Å²) in [5, 5.41) is 1.17. The van der Waals surface area contributed by atoms with Gasteiger partial charge in [0.2, 0.25) is 0 Å². The van der Waals surface area contributed by atoms with E-state index in [1.54, 1.807) is 0 Å². The Labute approximate surface area is 104 Å². The monoisotopic (exact) mass is 275 g/mol. The molecule has 0 radical (unpaired) electrons. The van der Waals surface area contributed by atoms with E-state index in [0.29, 0.717) is 5.41 Å². The summed E-state index contributed by atoms with van der Waals surface area (Å²) in [6.07, 6.45) is 5.53. The van der Waals surface area contributed by atoms with Crippen LogP contribution in [0.1, 0.15) is 46.5 Å². The topological polar surface area (TPSA) is 3.24 Å². The lowest BCUT2D eigenvalue weighted by Gasteiger charge is -2.34. The van der Waals surface area contributed by atoms with Crippen molar-refractivity contribution < 1.29 is 0 Å². The summed E-state index contributed by atoms with van der Waals surface area (Å²) in [6.45, 7) is 11.0. The SMILES string of the molecule is CC(C)(C)CCN1CCCC(CCBr)C1. The largest absolute Gasteiger partial charge is 0.303 e. The molecule has 90 valence electrons. The molecule has 1 saturated heterocycles. The van der Waals surface area contributed by atoms with Gasteiger partial charge in [-0.2, -0.15) is 0 Å². The van der Waals surface area contributed by atoms with E-state index in [-0.39, 0.29) is 0 Å². The van der Waals surface area contributed by atoms with E-state index in [0.717, 1.165) is 5.92 Å². The Morgan fingerprint density at radius 2 is 2.07 bits per heavy atom. The molecule has 0 aromatic heterocycles. The van der Waals surface area contributed by atoms with Crippen LogP contribution in [0.5, 0.6) is 0 Å². The average molecular weight is 276 g/mol. The van der Waals surface area contributed by atoms with Crippen LogP contribution in [0.2, 0.25) is 0 Å². The zero-order chi connectivity index (χ0) is 11.3. The van der Waals surface area contributed by atoms with Crippen molar-refractivity contribution in [1.29, 1.82) is 0 Å². The Morgan fingerprint density at radius 1 is 1.33 bits per heavy atom. The van der Waals surface area contributed by atoms with Gasteiger partial charge in [-0.1, -0.05) is 36.7 Å². The summed E-state index contributed by atoms with van der Waals surface area (Å²) < 4.78 is 0. The lowest BCUT2D eigenvalue weighted by molar-refractivity contribution is 0.153. The van der Waals surface area contributed by atoms with Gasteiger partial charge < -0.3 is 4.90 Å². The fourth-order valence-corrected chi connectivity index (χ4v) is 2.89. The maximum absolute atomic E-state index is 3.56. The van der Waals surface area contributed by atoms with Gasteiger partial charge >= 0.3 is 0 Å². The number of hydrogen-bond donors (Lipinski definition) is 0. The molecule has 15 heavy (non-hydrogen) atoms. The molecule has 0 aliphatic carbocycles. The smallest absolute Gasteiger partial charge is 0.00344 e. The summed E-state index contributed by atoms with van der Waals surface area (Å²) in [7, 11) is 0. The summed E-state index contributed by atoms with van der Waals surface area (Å²) in [6, 6.07) is 0. The van der Waals surface area contributed by atoms with Crippen molar-refractivity contribution in [3.63, 3.8) is 0 Å². The van der Waals surface area contributed by atoms with Gasteiger partial charge in [0.15, 0.2) is 0 Å². The first-order chi connectivity index (χ1) is 7.01. The van der Waals surface area contributed by atoms with Crippen LogP contribution < -0.4 is 0 Å². The number of hydrogen-bond acceptors (Lipinski definition) is 1. The molecule has 0 bridgehead atoms. The fraction of sp³-hybridized carbons (Fsp3) is 1.00. The van der Waals surface area contributed by atoms with Crippen LogP contribution >= 0.6 is 15.9 Å². The fourth-order valence-electron chi connectivity index (χ4n) is 2.24. The Kier molecular flexibility index (Phi) is 5.62. The molecule has 2 heteroatoms. The molecule has 0 aromatic carbocycles. The van der Waals surface area contributed by atoms with Crippen LogP contribution in [0.25, 0.3) is 0 Å². The van der Waals surface area contributed by atoms with Crippen LogP contribution in [-0.2, 0) is 0 Å². The number of likely N-dealkylation sites (tertiary alicyclic amines) is 1. The van der Waals surface area contributed by atoms with E-state index < -0.39 is 0 Å². The molecule has 1 aliphatic heterocycles. The molecule has 1 aliphatic rings. The Balaban J connectivity index is 2.24. The van der Waals surface area contributed by atoms with Crippen LogP contribution in [-0.4, -0.2) is 29.9 Å². The minimum atomic E-state index is 0.488. The minimum Gasteiger partial charge on any atom is -0.303 e. The van der Waals surface area contributed by atoms with E-state index in [4.69, 9.17) is 0 Å². The van der Waals surface area contributed by atoms with Gasteiger partial charge in [-0.15, -0.1) is 0 Å². The molecule has 0 aromatic rings. The second kappa shape index (κ2) is 6.24. The number of nitrogens with zero attached hydrogens (tertiary/aromatic N) is 1. The van der Waals surface area contributed by atoms with Gasteiger partial charge in [-0.3, -0.25) is 0 Å². The van der Waals surface area contributed by atoms with Crippen molar-refractivity contribution in [2.75, 3.05) is 25.0 Å². The molecular formula is C13H26BrN. The molecule has 1 heterocycles. The highest BCUT2D eigenvalue weighted by molar-refractivity contribution is 9.09. The van der Waals surface area contributed by atoms with Gasteiger partial charge in [-0.25, -0.2) is 0 Å². The van der Waals surface area contributed by atoms with E-state index in [1.165, 1.54) is 50.6 Å². The van der Waals surface area contributed by atoms with Crippen molar-refractivity contribution in [1.82, 2.24) is 4.90 Å². The van der Waals surface area contributed by atoms with Crippen LogP contribution in [0, 0.1) is 11.3 Å². The number of rotatable bonds is 4. The third-order valence-electron chi connectivity index (χ3n) is 3.30. The Hall–Kier alpha value is 0.440. The van der Waals surface area contributed by atoms with E-state index in [2.05, 4.69) is 41.6 Å². The van der Waals surface area contributed by atoms with Gasteiger partial charge in [0.05, 0.1) is 0 Å². The second-order valence-corrected chi connectivity index (χ2v) is 6.89. The second-order valence-electron chi connectivity index (χ2n) is 6.10. The molecule has 0 saturated carbocycles. The maximum atomic E-state index is 3.56. The summed E-state index contributed by atoms with van der Waals surface area (Å²) in [5.74, 6) is 0.943. The third-order valence-corrected chi connectivity index (χ3v) is 3.76. The molecule has 1 atom stereocenters. The first kappa shape index (κ1) is 13.5. The van der Waals surface area contributed by atoms with Gasteiger partial charge in [-0.05, 0) is 50.1 Å². The standard InChI is InChI=1S/C13H26BrN/c1-13(2,3)7-10-15-9-4-5-12(11-15)6-8-14/h12H,4-11H2,1-3H3. The van der Waals surface area contributed by atoms with Crippen LogP contribution in [0.4, 0.5) is 0 Å². The molecule has 0 N–H and O–H groups in total. The number of halogens is 1. The molecule has 1 unspecified atom stereocenters. The highest BCUT2D eigenvalue weighted by atomic mass is 79.9. The lowest BCUT2D eigenvalue weighted by atomic mass is 9.90. The molecular weight excluding hydrogens is 250 g/mol. The normalized spacial score (nSPS) is 24.4. The van der Waals surface area contributed by atoms with Crippen LogP contribution in [0.3, 0.4) is 0 Å². The maximum Gasteiger partial charge on any atom is 0.00344 e. The Bertz CT molecular complexity index is 172. The summed E-state index contributed by atoms with van der Waals surface area (Å²) >= 11 is 3.56. The first-order valence-corrected chi connectivity index (χ1v) is 7.42. The van der Waals surface area contributed by atoms with E-state index in [9.17, 15) is 0 Å². The van der Waals surface area contributed by atoms with Gasteiger partial charge in [0.1, 0.15) is 0 Å². The van der Waals surface area contributed by atoms with E-state index in [1.807, 2.05) is 0 Å². The molecule has 1 nitrogen and oxygen atoms in total. The van der Waals surface area contributed by atoms with E-state index >= 15 is 0 Å². The zero-order valence-electron chi connectivity index (χ0n) is 10.6. The molecule has 0 amide bonds. The van der Waals surface area contributed by atoms with Crippen molar-refractivity contribution >= 4 is 15.9 Å². The lowest BCUT2D eigenvalue weighted by Crippen LogP contribution is -2.37. The average Bonchev–Trinajstić information content (AvgIpc) is 2.15. The highest BCUT2D eigenvalue weighted by Crippen LogP contribution is 2.23. The molecule has 1 fully saturated rings. The molecule has 0 spiro atoms.